The number of hydrogen-bond donors (Lipinski definition) is 1. The standard InChI is InChI=1S/C7H5ClN2O4.C6H3ClN2O4/c1-14-7(11)4-2-6(8)9-3-5(4)10(12)13;7-5-1-3(6(10)11)4(2-8-5)9(12)13/h2-3H,1H3;1-2H,(H,10,11). The maximum atomic E-state index is 11.1. The molecule has 12 nitrogen and oxygen atoms in total. The smallest absolute Gasteiger partial charge is 0.345 e. The van der Waals surface area contributed by atoms with Gasteiger partial charge in [-0.15, -0.1) is 0 Å². The van der Waals surface area contributed by atoms with Gasteiger partial charge in [0.05, 0.1) is 17.0 Å². The first-order valence-corrected chi connectivity index (χ1v) is 7.25. The minimum Gasteiger partial charge on any atom is -0.477 e. The van der Waals surface area contributed by atoms with Crippen molar-refractivity contribution < 1.29 is 29.3 Å². The normalized spacial score (nSPS) is 9.59. The Balaban J connectivity index is 0.000000271. The molecule has 142 valence electrons. The van der Waals surface area contributed by atoms with Crippen LogP contribution in [0.25, 0.3) is 0 Å². The lowest BCUT2D eigenvalue weighted by Crippen LogP contribution is -2.06. The van der Waals surface area contributed by atoms with Crippen LogP contribution in [0.15, 0.2) is 24.5 Å². The first kappa shape index (κ1) is 21.7. The number of methoxy groups -OCH3 is 1. The number of aromatic carboxylic acids is 1. The fourth-order valence-electron chi connectivity index (χ4n) is 1.58. The molecule has 0 aliphatic heterocycles. The summed E-state index contributed by atoms with van der Waals surface area (Å²) in [6.07, 6.45) is 1.72. The van der Waals surface area contributed by atoms with Gasteiger partial charge in [0.25, 0.3) is 0 Å². The molecule has 0 unspecified atom stereocenters. The number of aromatic nitrogens is 2. The average Bonchev–Trinajstić information content (AvgIpc) is 2.60. The fourth-order valence-corrected chi connectivity index (χ4v) is 1.90. The van der Waals surface area contributed by atoms with Gasteiger partial charge in [0.1, 0.15) is 33.8 Å². The van der Waals surface area contributed by atoms with E-state index in [1.54, 1.807) is 0 Å². The molecule has 2 aromatic heterocycles. The summed E-state index contributed by atoms with van der Waals surface area (Å²) in [6.45, 7) is 0. The van der Waals surface area contributed by atoms with E-state index in [1.807, 2.05) is 0 Å². The molecule has 2 aromatic rings. The summed E-state index contributed by atoms with van der Waals surface area (Å²) in [5, 5.41) is 29.2. The summed E-state index contributed by atoms with van der Waals surface area (Å²) in [5.74, 6) is -2.23. The molecular formula is C13H8Cl2N4O8. The average molecular weight is 419 g/mol. The molecule has 0 spiro atoms. The van der Waals surface area contributed by atoms with Gasteiger partial charge in [-0.05, 0) is 12.1 Å². The van der Waals surface area contributed by atoms with Gasteiger partial charge in [0, 0.05) is 0 Å². The molecule has 0 saturated heterocycles. The Bertz CT molecular complexity index is 921. The molecule has 27 heavy (non-hydrogen) atoms. The van der Waals surface area contributed by atoms with Crippen molar-refractivity contribution in [3.63, 3.8) is 0 Å². The molecule has 0 aliphatic rings. The highest BCUT2D eigenvalue weighted by atomic mass is 35.5. The van der Waals surface area contributed by atoms with E-state index in [9.17, 15) is 29.8 Å². The molecule has 0 radical (unpaired) electrons. The van der Waals surface area contributed by atoms with Crippen LogP contribution in [0.5, 0.6) is 0 Å². The number of nitro groups is 2. The van der Waals surface area contributed by atoms with Crippen LogP contribution in [-0.2, 0) is 4.74 Å². The van der Waals surface area contributed by atoms with Crippen LogP contribution in [0.2, 0.25) is 10.3 Å². The van der Waals surface area contributed by atoms with Crippen molar-refractivity contribution in [2.75, 3.05) is 7.11 Å². The molecule has 0 bridgehead atoms. The number of carboxylic acid groups (broad SMARTS) is 1. The predicted octanol–water partition coefficient (Wildman–Crippen LogP) is 2.77. The van der Waals surface area contributed by atoms with E-state index < -0.39 is 38.7 Å². The lowest BCUT2D eigenvalue weighted by Gasteiger charge is -2.00. The summed E-state index contributed by atoms with van der Waals surface area (Å²) in [4.78, 5) is 47.7. The van der Waals surface area contributed by atoms with Crippen LogP contribution in [0.1, 0.15) is 20.7 Å². The van der Waals surface area contributed by atoms with E-state index >= 15 is 0 Å². The number of hydrogen-bond acceptors (Lipinski definition) is 9. The maximum Gasteiger partial charge on any atom is 0.345 e. The number of ether oxygens (including phenoxy) is 1. The second-order valence-electron chi connectivity index (χ2n) is 4.36. The van der Waals surface area contributed by atoms with Gasteiger partial charge in [0.2, 0.25) is 0 Å². The Kier molecular flexibility index (Phi) is 7.50. The van der Waals surface area contributed by atoms with Gasteiger partial charge in [0.15, 0.2) is 0 Å². The SMILES string of the molecule is COC(=O)c1cc(Cl)ncc1[N+](=O)[O-].O=C(O)c1cc(Cl)ncc1[N+](=O)[O-]. The van der Waals surface area contributed by atoms with Crippen molar-refractivity contribution in [2.24, 2.45) is 0 Å². The highest BCUT2D eigenvalue weighted by Gasteiger charge is 2.22. The molecule has 0 atom stereocenters. The fraction of sp³-hybridized carbons (Fsp3) is 0.0769. The molecule has 0 amide bonds. The number of halogens is 2. The Hall–Kier alpha value is -3.38. The number of nitrogens with zero attached hydrogens (tertiary/aromatic N) is 4. The lowest BCUT2D eigenvalue weighted by atomic mass is 10.2. The monoisotopic (exact) mass is 418 g/mol. The zero-order chi connectivity index (χ0) is 20.7. The molecule has 1 N–H and O–H groups in total. The number of carbonyl (C=O) groups excluding carboxylic acids is 1. The van der Waals surface area contributed by atoms with Gasteiger partial charge in [-0.2, -0.15) is 0 Å². The molecule has 0 aliphatic carbocycles. The van der Waals surface area contributed by atoms with Crippen molar-refractivity contribution in [2.45, 2.75) is 0 Å². The van der Waals surface area contributed by atoms with Crippen LogP contribution in [0.4, 0.5) is 11.4 Å². The van der Waals surface area contributed by atoms with Crippen molar-refractivity contribution in [1.82, 2.24) is 9.97 Å². The molecule has 2 rings (SSSR count). The first-order valence-electron chi connectivity index (χ1n) is 6.50. The summed E-state index contributed by atoms with van der Waals surface area (Å²) < 4.78 is 4.35. The molecule has 2 heterocycles. The third kappa shape index (κ3) is 5.83. The second-order valence-corrected chi connectivity index (χ2v) is 5.13. The number of carbonyl (C=O) groups is 2. The van der Waals surface area contributed by atoms with E-state index in [0.717, 1.165) is 31.6 Å². The zero-order valence-electron chi connectivity index (χ0n) is 13.2. The summed E-state index contributed by atoms with van der Waals surface area (Å²) >= 11 is 10.8. The minimum atomic E-state index is -1.41. The van der Waals surface area contributed by atoms with E-state index in [2.05, 4.69) is 14.7 Å². The van der Waals surface area contributed by atoms with Gasteiger partial charge < -0.3 is 9.84 Å². The largest absolute Gasteiger partial charge is 0.477 e. The third-order valence-corrected chi connectivity index (χ3v) is 3.14. The summed E-state index contributed by atoms with van der Waals surface area (Å²) in [6, 6.07) is 2.02. The highest BCUT2D eigenvalue weighted by molar-refractivity contribution is 6.30. The Morgan fingerprint density at radius 3 is 1.78 bits per heavy atom. The molecule has 14 heteroatoms. The third-order valence-electron chi connectivity index (χ3n) is 2.73. The zero-order valence-corrected chi connectivity index (χ0v) is 14.7. The first-order chi connectivity index (χ1) is 12.6. The number of rotatable bonds is 4. The number of esters is 1. The van der Waals surface area contributed by atoms with Crippen molar-refractivity contribution in [3.8, 4) is 0 Å². The minimum absolute atomic E-state index is 0.00370. The Labute approximate surface area is 159 Å². The lowest BCUT2D eigenvalue weighted by molar-refractivity contribution is -0.385. The van der Waals surface area contributed by atoms with Crippen LogP contribution in [-0.4, -0.2) is 44.0 Å². The van der Waals surface area contributed by atoms with Gasteiger partial charge >= 0.3 is 23.3 Å². The van der Waals surface area contributed by atoms with Crippen LogP contribution in [0, 0.1) is 20.2 Å². The molecular weight excluding hydrogens is 411 g/mol. The van der Waals surface area contributed by atoms with Gasteiger partial charge in [-0.1, -0.05) is 23.2 Å². The van der Waals surface area contributed by atoms with E-state index in [1.165, 1.54) is 0 Å². The van der Waals surface area contributed by atoms with Crippen molar-refractivity contribution in [1.29, 1.82) is 0 Å². The quantitative estimate of drug-likeness (QED) is 0.335. The molecule has 0 aromatic carbocycles. The molecule has 0 fully saturated rings. The van der Waals surface area contributed by atoms with Crippen molar-refractivity contribution >= 4 is 46.5 Å². The van der Waals surface area contributed by atoms with Gasteiger partial charge in [-0.25, -0.2) is 19.6 Å². The highest BCUT2D eigenvalue weighted by Crippen LogP contribution is 2.21. The van der Waals surface area contributed by atoms with Gasteiger partial charge in [-0.3, -0.25) is 20.2 Å². The second kappa shape index (κ2) is 9.35. The maximum absolute atomic E-state index is 11.1. The van der Waals surface area contributed by atoms with E-state index in [-0.39, 0.29) is 15.9 Å². The summed E-state index contributed by atoms with van der Waals surface area (Å²) in [7, 11) is 1.13. The van der Waals surface area contributed by atoms with E-state index in [0.29, 0.717) is 0 Å². The summed E-state index contributed by atoms with van der Waals surface area (Å²) in [5.41, 5.74) is -1.68. The predicted molar refractivity (Wildman–Crippen MR) is 90.1 cm³/mol. The van der Waals surface area contributed by atoms with E-state index in [4.69, 9.17) is 28.3 Å². The van der Waals surface area contributed by atoms with Crippen LogP contribution >= 0.6 is 23.2 Å². The topological polar surface area (TPSA) is 176 Å². The van der Waals surface area contributed by atoms with Crippen LogP contribution < -0.4 is 0 Å². The van der Waals surface area contributed by atoms with Crippen LogP contribution in [0.3, 0.4) is 0 Å². The Morgan fingerprint density at radius 2 is 1.41 bits per heavy atom. The number of pyridine rings is 2. The van der Waals surface area contributed by atoms with Crippen molar-refractivity contribution in [3.05, 3.63) is 66.2 Å². The number of carboxylic acids is 1. The molecule has 0 saturated carbocycles. The Morgan fingerprint density at radius 1 is 1.00 bits per heavy atom.